The molecule has 2 aromatic heterocycles. The van der Waals surface area contributed by atoms with Crippen LogP contribution in [0.5, 0.6) is 0 Å². The average Bonchev–Trinajstić information content (AvgIpc) is 2.89. The number of morpholine rings is 1. The van der Waals surface area contributed by atoms with Gasteiger partial charge in [0.15, 0.2) is 5.82 Å². The zero-order chi connectivity index (χ0) is 27.2. The molecule has 3 aromatic rings. The van der Waals surface area contributed by atoms with Crippen molar-refractivity contribution in [2.24, 2.45) is 5.41 Å². The van der Waals surface area contributed by atoms with E-state index in [9.17, 15) is 0 Å². The van der Waals surface area contributed by atoms with Crippen LogP contribution in [0.15, 0.2) is 30.5 Å². The molecule has 0 radical (unpaired) electrons. The summed E-state index contributed by atoms with van der Waals surface area (Å²) >= 11 is 0. The van der Waals surface area contributed by atoms with Crippen LogP contribution in [0, 0.1) is 18.2 Å². The molecule has 2 aliphatic rings. The van der Waals surface area contributed by atoms with Crippen LogP contribution in [0.3, 0.4) is 0 Å². The quantitative estimate of drug-likeness (QED) is 0.482. The normalized spacial score (nSPS) is 19.9. The number of piperazine rings is 1. The van der Waals surface area contributed by atoms with E-state index in [0.717, 1.165) is 61.1 Å². The molecule has 2 saturated heterocycles. The Morgan fingerprint density at radius 3 is 2.66 bits per heavy atom. The number of aromatic nitrogens is 3. The van der Waals surface area contributed by atoms with Gasteiger partial charge < -0.3 is 15.0 Å². The van der Waals surface area contributed by atoms with Gasteiger partial charge in [-0.15, -0.1) is 5.10 Å². The standard InChI is InChI=1S/C28H35F3N6O/c1-17(20-7-6-8-23(25(20)29)28(30,31)27(3,4)5)33-26-21-13-24(32-14-22(21)18(2)34-35-26)37-10-9-36-11-12-38-16-19(36)15-37/h6-8,13-14,17,19H,9-12,15-16H2,1-5H3,(H,33,35)/t17-,19?/m1/s1. The van der Waals surface area contributed by atoms with Crippen LogP contribution in [-0.4, -0.2) is 65.5 Å². The molecule has 2 atom stereocenters. The highest BCUT2D eigenvalue weighted by atomic mass is 19.3. The van der Waals surface area contributed by atoms with E-state index >= 15 is 13.2 Å². The first-order valence-electron chi connectivity index (χ1n) is 13.1. The second kappa shape index (κ2) is 9.96. The fourth-order valence-corrected chi connectivity index (χ4v) is 5.21. The van der Waals surface area contributed by atoms with Gasteiger partial charge in [0.05, 0.1) is 36.6 Å². The van der Waals surface area contributed by atoms with Crippen molar-refractivity contribution in [1.29, 1.82) is 0 Å². The van der Waals surface area contributed by atoms with Crippen LogP contribution in [0.25, 0.3) is 10.8 Å². The minimum Gasteiger partial charge on any atom is -0.378 e. The van der Waals surface area contributed by atoms with Crippen LogP contribution in [0.4, 0.5) is 24.8 Å². The summed E-state index contributed by atoms with van der Waals surface area (Å²) in [7, 11) is 0. The molecule has 38 heavy (non-hydrogen) atoms. The third-order valence-corrected chi connectivity index (χ3v) is 7.72. The average molecular weight is 529 g/mol. The molecule has 0 bridgehead atoms. The van der Waals surface area contributed by atoms with Crippen LogP contribution in [0.2, 0.25) is 0 Å². The van der Waals surface area contributed by atoms with Crippen molar-refractivity contribution >= 4 is 22.4 Å². The summed E-state index contributed by atoms with van der Waals surface area (Å²) in [6, 6.07) is 5.83. The highest BCUT2D eigenvalue weighted by Gasteiger charge is 2.47. The lowest BCUT2D eigenvalue weighted by Gasteiger charge is -2.44. The van der Waals surface area contributed by atoms with Gasteiger partial charge in [-0.2, -0.15) is 5.10 Å². The summed E-state index contributed by atoms with van der Waals surface area (Å²) < 4.78 is 51.3. The third-order valence-electron chi connectivity index (χ3n) is 7.72. The van der Waals surface area contributed by atoms with Crippen LogP contribution in [-0.2, 0) is 10.7 Å². The van der Waals surface area contributed by atoms with E-state index in [1.54, 1.807) is 13.1 Å². The lowest BCUT2D eigenvalue weighted by molar-refractivity contribution is -0.107. The van der Waals surface area contributed by atoms with Crippen molar-refractivity contribution in [3.8, 4) is 0 Å². The van der Waals surface area contributed by atoms with Crippen LogP contribution >= 0.6 is 0 Å². The molecule has 0 aliphatic carbocycles. The van der Waals surface area contributed by atoms with E-state index in [-0.39, 0.29) is 5.56 Å². The first-order valence-corrected chi connectivity index (χ1v) is 13.1. The number of alkyl halides is 2. The zero-order valence-corrected chi connectivity index (χ0v) is 22.6. The van der Waals surface area contributed by atoms with E-state index in [0.29, 0.717) is 18.5 Å². The Morgan fingerprint density at radius 2 is 1.89 bits per heavy atom. The van der Waals surface area contributed by atoms with E-state index in [2.05, 4.69) is 25.3 Å². The zero-order valence-electron chi connectivity index (χ0n) is 22.6. The minimum atomic E-state index is -3.34. The Morgan fingerprint density at radius 1 is 1.11 bits per heavy atom. The van der Waals surface area contributed by atoms with E-state index in [4.69, 9.17) is 9.72 Å². The van der Waals surface area contributed by atoms with Gasteiger partial charge >= 0.3 is 0 Å². The number of hydrogen-bond donors (Lipinski definition) is 1. The molecule has 1 N–H and O–H groups in total. The predicted octanol–water partition coefficient (Wildman–Crippen LogP) is 5.30. The van der Waals surface area contributed by atoms with Gasteiger partial charge in [0.2, 0.25) is 0 Å². The molecule has 1 aromatic carbocycles. The maximum Gasteiger partial charge on any atom is 0.280 e. The number of aryl methyl sites for hydroxylation is 1. The van der Waals surface area contributed by atoms with Crippen LogP contribution < -0.4 is 10.2 Å². The lowest BCUT2D eigenvalue weighted by Crippen LogP contribution is -2.58. The van der Waals surface area contributed by atoms with E-state index < -0.39 is 28.8 Å². The van der Waals surface area contributed by atoms with Crippen molar-refractivity contribution in [3.05, 3.63) is 53.1 Å². The number of nitrogens with one attached hydrogen (secondary N) is 1. The molecule has 2 fully saturated rings. The van der Waals surface area contributed by atoms with Crippen molar-refractivity contribution in [2.75, 3.05) is 49.6 Å². The first-order chi connectivity index (χ1) is 18.0. The molecule has 5 rings (SSSR count). The molecular formula is C28H35F3N6O. The Hall–Kier alpha value is -2.98. The number of nitrogens with zero attached hydrogens (tertiary/aromatic N) is 5. The van der Waals surface area contributed by atoms with E-state index in [1.165, 1.54) is 32.9 Å². The SMILES string of the molecule is Cc1nnc(N[C@H](C)c2cccc(C(F)(F)C(C)(C)C)c2F)c2cc(N3CCN4CCOCC4C3)ncc12. The van der Waals surface area contributed by atoms with Gasteiger partial charge in [0.25, 0.3) is 5.92 Å². The van der Waals surface area contributed by atoms with Gasteiger partial charge in [-0.05, 0) is 19.9 Å². The van der Waals surface area contributed by atoms with Crippen molar-refractivity contribution in [3.63, 3.8) is 0 Å². The molecular weight excluding hydrogens is 493 g/mol. The predicted molar refractivity (Wildman–Crippen MR) is 142 cm³/mol. The first kappa shape index (κ1) is 26.6. The summed E-state index contributed by atoms with van der Waals surface area (Å²) in [5.74, 6) is -2.97. The number of halogens is 3. The molecule has 0 amide bonds. The summed E-state index contributed by atoms with van der Waals surface area (Å²) in [4.78, 5) is 9.41. The van der Waals surface area contributed by atoms with Gasteiger partial charge in [0.1, 0.15) is 11.6 Å². The Bertz CT molecular complexity index is 1330. The number of benzene rings is 1. The maximum atomic E-state index is 15.5. The lowest BCUT2D eigenvalue weighted by atomic mass is 9.82. The molecule has 2 aliphatic heterocycles. The third kappa shape index (κ3) is 4.80. The number of ether oxygens (including phenoxy) is 1. The molecule has 0 saturated carbocycles. The second-order valence-corrected chi connectivity index (χ2v) is 11.3. The monoisotopic (exact) mass is 528 g/mol. The largest absolute Gasteiger partial charge is 0.378 e. The molecule has 0 spiro atoms. The Balaban J connectivity index is 1.45. The van der Waals surface area contributed by atoms with Gasteiger partial charge in [-0.3, -0.25) is 4.90 Å². The summed E-state index contributed by atoms with van der Waals surface area (Å²) in [5.41, 5.74) is -1.17. The second-order valence-electron chi connectivity index (χ2n) is 11.3. The minimum absolute atomic E-state index is 0.143. The summed E-state index contributed by atoms with van der Waals surface area (Å²) in [5, 5.41) is 13.5. The number of anilines is 2. The molecule has 4 heterocycles. The highest BCUT2D eigenvalue weighted by molar-refractivity contribution is 5.94. The highest BCUT2D eigenvalue weighted by Crippen LogP contribution is 2.46. The van der Waals surface area contributed by atoms with E-state index in [1.807, 2.05) is 13.0 Å². The van der Waals surface area contributed by atoms with Crippen molar-refractivity contribution in [2.45, 2.75) is 52.6 Å². The van der Waals surface area contributed by atoms with Gasteiger partial charge in [-0.25, -0.2) is 18.2 Å². The van der Waals surface area contributed by atoms with Gasteiger partial charge in [0, 0.05) is 54.1 Å². The topological polar surface area (TPSA) is 66.4 Å². The fourth-order valence-electron chi connectivity index (χ4n) is 5.21. The number of fused-ring (bicyclic) bond motifs is 2. The maximum absolute atomic E-state index is 15.5. The number of rotatable bonds is 5. The molecule has 7 nitrogen and oxygen atoms in total. The Labute approximate surface area is 221 Å². The van der Waals surface area contributed by atoms with Crippen LogP contribution in [0.1, 0.15) is 50.6 Å². The Kier molecular flexibility index (Phi) is 6.98. The molecule has 204 valence electrons. The molecule has 10 heteroatoms. The van der Waals surface area contributed by atoms with Gasteiger partial charge in [-0.1, -0.05) is 39.0 Å². The number of pyridine rings is 1. The summed E-state index contributed by atoms with van der Waals surface area (Å²) in [6.07, 6.45) is 1.79. The summed E-state index contributed by atoms with van der Waals surface area (Å²) in [6.45, 7) is 12.8. The fraction of sp³-hybridized carbons (Fsp3) is 0.536. The van der Waals surface area contributed by atoms with Crippen molar-refractivity contribution < 1.29 is 17.9 Å². The smallest absolute Gasteiger partial charge is 0.280 e. The molecule has 1 unspecified atom stereocenters. The van der Waals surface area contributed by atoms with Crippen molar-refractivity contribution in [1.82, 2.24) is 20.1 Å². The number of hydrogen-bond acceptors (Lipinski definition) is 7.